The fourth-order valence-electron chi connectivity index (χ4n) is 2.75. The lowest BCUT2D eigenvalue weighted by Gasteiger charge is -2.38. The van der Waals surface area contributed by atoms with E-state index in [1.165, 1.54) is 16.2 Å². The highest BCUT2D eigenvalue weighted by Crippen LogP contribution is 2.42. The largest absolute Gasteiger partial charge is 0.345 e. The molecule has 2 N–H and O–H groups in total. The molecule has 1 aliphatic heterocycles. The van der Waals surface area contributed by atoms with Crippen LogP contribution < -0.4 is 5.32 Å². The second-order valence-corrected chi connectivity index (χ2v) is 7.52. The zero-order valence-corrected chi connectivity index (χ0v) is 15.7. The molecule has 5 nitrogen and oxygen atoms in total. The van der Waals surface area contributed by atoms with Crippen molar-refractivity contribution in [2.75, 3.05) is 7.05 Å². The minimum Gasteiger partial charge on any atom is -0.345 e. The number of nitrogens with zero attached hydrogens (tertiary/aromatic N) is 2. The smallest absolute Gasteiger partial charge is 0.231 e. The minimum absolute atomic E-state index is 0.0756. The molecule has 0 saturated carbocycles. The summed E-state index contributed by atoms with van der Waals surface area (Å²) in [6.07, 6.45) is 3.73. The fourth-order valence-corrected chi connectivity index (χ4v) is 4.38. The molecule has 0 radical (unpaired) electrons. The summed E-state index contributed by atoms with van der Waals surface area (Å²) in [5.41, 5.74) is 1.07. The van der Waals surface area contributed by atoms with Gasteiger partial charge in [-0.25, -0.2) is 0 Å². The van der Waals surface area contributed by atoms with Crippen LogP contribution in [0, 0.1) is 17.3 Å². The number of thiophene rings is 1. The number of guanidine groups is 1. The number of nitrogens with one attached hydrogen (secondary N) is 2. The topological polar surface area (TPSA) is 69.1 Å². The Morgan fingerprint density at radius 3 is 2.88 bits per heavy atom. The summed E-state index contributed by atoms with van der Waals surface area (Å²) >= 11 is 7.98. The van der Waals surface area contributed by atoms with Gasteiger partial charge in [0.1, 0.15) is 0 Å². The molecule has 3 heterocycles. The van der Waals surface area contributed by atoms with Gasteiger partial charge in [0.05, 0.1) is 17.0 Å². The van der Waals surface area contributed by atoms with Crippen molar-refractivity contribution >= 4 is 34.8 Å². The molecule has 0 unspecified atom stereocenters. The molecule has 0 aromatic carbocycles. The van der Waals surface area contributed by atoms with E-state index in [1.54, 1.807) is 26.4 Å². The van der Waals surface area contributed by atoms with E-state index < -0.39 is 5.54 Å². The molecule has 128 valence electrons. The van der Waals surface area contributed by atoms with Gasteiger partial charge in [-0.3, -0.25) is 20.1 Å². The van der Waals surface area contributed by atoms with Gasteiger partial charge in [-0.1, -0.05) is 17.5 Å². The van der Waals surface area contributed by atoms with Crippen molar-refractivity contribution < 1.29 is 4.79 Å². The lowest BCUT2D eigenvalue weighted by Crippen LogP contribution is -2.57. The minimum atomic E-state index is -0.699. The normalized spacial score (nSPS) is 20.1. The molecule has 2 aromatic rings. The fraction of sp³-hybridized carbons (Fsp3) is 0.278. The first-order valence-electron chi connectivity index (χ1n) is 7.65. The molecule has 1 saturated heterocycles. The molecule has 2 aromatic heterocycles. The molecular formula is C18H17ClN4OS. The van der Waals surface area contributed by atoms with Crippen molar-refractivity contribution in [1.29, 1.82) is 5.41 Å². The van der Waals surface area contributed by atoms with Gasteiger partial charge in [0, 0.05) is 40.3 Å². The Bertz CT molecular complexity index is 907. The average molecular weight is 373 g/mol. The average Bonchev–Trinajstić information content (AvgIpc) is 2.96. The molecular weight excluding hydrogens is 356 g/mol. The number of amides is 1. The summed E-state index contributed by atoms with van der Waals surface area (Å²) in [7, 11) is 1.59. The van der Waals surface area contributed by atoms with Gasteiger partial charge in [-0.05, 0) is 26.0 Å². The van der Waals surface area contributed by atoms with E-state index in [-0.39, 0.29) is 18.3 Å². The maximum absolute atomic E-state index is 12.2. The van der Waals surface area contributed by atoms with E-state index in [4.69, 9.17) is 17.0 Å². The summed E-state index contributed by atoms with van der Waals surface area (Å²) in [4.78, 5) is 19.5. The third kappa shape index (κ3) is 3.26. The molecule has 0 aliphatic carbocycles. The third-order valence-corrected chi connectivity index (χ3v) is 5.95. The van der Waals surface area contributed by atoms with Crippen LogP contribution in [0.5, 0.6) is 0 Å². The Balaban J connectivity index is 2.00. The van der Waals surface area contributed by atoms with E-state index in [0.717, 1.165) is 20.9 Å². The molecule has 25 heavy (non-hydrogen) atoms. The van der Waals surface area contributed by atoms with Gasteiger partial charge in [0.25, 0.3) is 0 Å². The predicted octanol–water partition coefficient (Wildman–Crippen LogP) is 3.44. The van der Waals surface area contributed by atoms with Crippen LogP contribution in [0.3, 0.4) is 0 Å². The molecule has 3 rings (SSSR count). The third-order valence-electron chi connectivity index (χ3n) is 4.09. The highest BCUT2D eigenvalue weighted by molar-refractivity contribution is 7.16. The van der Waals surface area contributed by atoms with Crippen LogP contribution >= 0.6 is 22.9 Å². The Kier molecular flexibility index (Phi) is 4.55. The number of rotatable bonds is 2. The first-order valence-corrected chi connectivity index (χ1v) is 8.85. The summed E-state index contributed by atoms with van der Waals surface area (Å²) in [6.45, 7) is 3.68. The van der Waals surface area contributed by atoms with Crippen molar-refractivity contribution in [1.82, 2.24) is 15.2 Å². The lowest BCUT2D eigenvalue weighted by atomic mass is 9.93. The SMILES string of the molecule is CC#Cc1cncc(-c2cc(Cl)c([C@]3(C)CC(=O)N(C)C(=N)N3)s2)c1. The van der Waals surface area contributed by atoms with E-state index in [1.807, 2.05) is 19.1 Å². The van der Waals surface area contributed by atoms with Crippen LogP contribution in [0.2, 0.25) is 5.02 Å². The van der Waals surface area contributed by atoms with Gasteiger partial charge in [0.15, 0.2) is 5.96 Å². The first-order chi connectivity index (χ1) is 11.8. The number of hydrogen-bond donors (Lipinski definition) is 2. The van der Waals surface area contributed by atoms with Gasteiger partial charge < -0.3 is 5.32 Å². The van der Waals surface area contributed by atoms with E-state index in [9.17, 15) is 4.79 Å². The van der Waals surface area contributed by atoms with Crippen molar-refractivity contribution in [2.24, 2.45) is 0 Å². The van der Waals surface area contributed by atoms with Crippen LogP contribution in [0.4, 0.5) is 0 Å². The van der Waals surface area contributed by atoms with E-state index in [2.05, 4.69) is 22.1 Å². The highest BCUT2D eigenvalue weighted by atomic mass is 35.5. The molecule has 1 amide bonds. The summed E-state index contributed by atoms with van der Waals surface area (Å²) in [5.74, 6) is 5.82. The number of aromatic nitrogens is 1. The monoisotopic (exact) mass is 372 g/mol. The molecule has 1 fully saturated rings. The zero-order valence-electron chi connectivity index (χ0n) is 14.1. The second kappa shape index (κ2) is 6.51. The Morgan fingerprint density at radius 2 is 2.20 bits per heavy atom. The lowest BCUT2D eigenvalue weighted by molar-refractivity contribution is -0.129. The maximum atomic E-state index is 12.2. The molecule has 1 aliphatic rings. The zero-order chi connectivity index (χ0) is 18.2. The van der Waals surface area contributed by atoms with Gasteiger partial charge in [-0.15, -0.1) is 17.3 Å². The summed E-state index contributed by atoms with van der Waals surface area (Å²) in [6, 6.07) is 3.84. The standard InChI is InChI=1S/C18H17ClN4OS/c1-4-5-11-6-12(10-21-9-11)14-7-13(19)16(25-14)18(2)8-15(24)23(3)17(20)22-18/h6-7,9-10H,8H2,1-3H3,(H2,20,22)/t18-/m0/s1. The Hall–Kier alpha value is -2.36. The summed E-state index contributed by atoms with van der Waals surface area (Å²) < 4.78 is 0. The van der Waals surface area contributed by atoms with E-state index >= 15 is 0 Å². The first kappa shape index (κ1) is 17.5. The van der Waals surface area contributed by atoms with Gasteiger partial charge in [-0.2, -0.15) is 0 Å². The number of halogens is 1. The van der Waals surface area contributed by atoms with Gasteiger partial charge in [0.2, 0.25) is 5.91 Å². The number of carbonyl (C=O) groups excluding carboxylic acids is 1. The van der Waals surface area contributed by atoms with Crippen molar-refractivity contribution in [3.63, 3.8) is 0 Å². The highest BCUT2D eigenvalue weighted by Gasteiger charge is 2.40. The number of pyridine rings is 1. The van der Waals surface area contributed by atoms with Crippen LogP contribution in [0.15, 0.2) is 24.5 Å². The Labute approximate surface area is 155 Å². The number of hydrogen-bond acceptors (Lipinski definition) is 4. The van der Waals surface area contributed by atoms with Crippen molar-refractivity contribution in [3.05, 3.63) is 40.0 Å². The number of carbonyl (C=O) groups is 1. The molecule has 7 heteroatoms. The molecule has 0 spiro atoms. The van der Waals surface area contributed by atoms with E-state index in [0.29, 0.717) is 5.02 Å². The van der Waals surface area contributed by atoms with Crippen LogP contribution in [-0.2, 0) is 10.3 Å². The van der Waals surface area contributed by atoms with Crippen molar-refractivity contribution in [3.8, 4) is 22.3 Å². The second-order valence-electron chi connectivity index (χ2n) is 6.06. The van der Waals surface area contributed by atoms with Crippen molar-refractivity contribution in [2.45, 2.75) is 25.8 Å². The van der Waals surface area contributed by atoms with Crippen LogP contribution in [0.25, 0.3) is 10.4 Å². The predicted molar refractivity (Wildman–Crippen MR) is 101 cm³/mol. The molecule has 0 bridgehead atoms. The Morgan fingerprint density at radius 1 is 1.44 bits per heavy atom. The van der Waals surface area contributed by atoms with Crippen LogP contribution in [-0.4, -0.2) is 28.8 Å². The molecule has 1 atom stereocenters. The summed E-state index contributed by atoms with van der Waals surface area (Å²) in [5, 5.41) is 11.7. The van der Waals surface area contributed by atoms with Gasteiger partial charge >= 0.3 is 0 Å². The van der Waals surface area contributed by atoms with Crippen LogP contribution in [0.1, 0.15) is 30.7 Å². The quantitative estimate of drug-likeness (QED) is 0.793. The maximum Gasteiger partial charge on any atom is 0.231 e.